The lowest BCUT2D eigenvalue weighted by Crippen LogP contribution is -2.49. The van der Waals surface area contributed by atoms with Gasteiger partial charge in [-0.25, -0.2) is 4.79 Å². The molecule has 1 aromatic heterocycles. The van der Waals surface area contributed by atoms with Crippen molar-refractivity contribution < 1.29 is 14.3 Å². The fourth-order valence-corrected chi connectivity index (χ4v) is 5.10. The molecule has 2 heterocycles. The van der Waals surface area contributed by atoms with E-state index >= 15 is 0 Å². The van der Waals surface area contributed by atoms with Crippen molar-refractivity contribution in [1.29, 1.82) is 0 Å². The van der Waals surface area contributed by atoms with Crippen LogP contribution in [0.15, 0.2) is 91.1 Å². The van der Waals surface area contributed by atoms with Crippen LogP contribution in [0.25, 0.3) is 5.69 Å². The number of halogens is 1. The molecule has 0 radical (unpaired) electrons. The van der Waals surface area contributed by atoms with Gasteiger partial charge in [0.1, 0.15) is 18.3 Å². The maximum atomic E-state index is 14.2. The first kappa shape index (κ1) is 25.4. The normalized spacial score (nSPS) is 14.0. The standard InChI is InChI=1S/C30H29ClN4O3/c1-20(2)34(30(37)32-23-12-4-7-16-27(23)38-3)19-28(36)35-25-14-6-5-13-24(25)33-17-9-15-26(33)29(35)21-10-8-11-22(31)18-21/h4-18,20,29H,19H2,1-3H3,(H,32,37). The summed E-state index contributed by atoms with van der Waals surface area (Å²) in [5.74, 6) is 0.335. The van der Waals surface area contributed by atoms with E-state index in [4.69, 9.17) is 16.3 Å². The molecule has 1 aliphatic heterocycles. The third-order valence-corrected chi connectivity index (χ3v) is 6.93. The molecule has 0 fully saturated rings. The predicted molar refractivity (Wildman–Crippen MR) is 150 cm³/mol. The summed E-state index contributed by atoms with van der Waals surface area (Å²) < 4.78 is 7.48. The van der Waals surface area contributed by atoms with Crippen LogP contribution in [0, 0.1) is 0 Å². The van der Waals surface area contributed by atoms with Gasteiger partial charge in [-0.05, 0) is 67.9 Å². The van der Waals surface area contributed by atoms with E-state index in [9.17, 15) is 9.59 Å². The molecule has 0 aliphatic carbocycles. The van der Waals surface area contributed by atoms with Gasteiger partial charge >= 0.3 is 6.03 Å². The number of methoxy groups -OCH3 is 1. The van der Waals surface area contributed by atoms with E-state index in [0.29, 0.717) is 16.5 Å². The van der Waals surface area contributed by atoms with Crippen LogP contribution in [-0.2, 0) is 4.79 Å². The number of benzene rings is 3. The Bertz CT molecular complexity index is 1480. The van der Waals surface area contributed by atoms with Crippen LogP contribution in [0.3, 0.4) is 0 Å². The quantitative estimate of drug-likeness (QED) is 0.310. The summed E-state index contributed by atoms with van der Waals surface area (Å²) in [7, 11) is 1.55. The monoisotopic (exact) mass is 528 g/mol. The second-order valence-electron chi connectivity index (χ2n) is 9.37. The number of amides is 3. The van der Waals surface area contributed by atoms with Crippen molar-refractivity contribution in [1.82, 2.24) is 9.47 Å². The van der Waals surface area contributed by atoms with E-state index in [1.165, 1.54) is 4.90 Å². The lowest BCUT2D eigenvalue weighted by atomic mass is 9.97. The van der Waals surface area contributed by atoms with Crippen molar-refractivity contribution in [2.75, 3.05) is 23.9 Å². The summed E-state index contributed by atoms with van der Waals surface area (Å²) in [6.07, 6.45) is 1.99. The molecule has 0 bridgehead atoms. The highest BCUT2D eigenvalue weighted by molar-refractivity contribution is 6.30. The van der Waals surface area contributed by atoms with Crippen LogP contribution in [0.1, 0.15) is 31.1 Å². The first-order chi connectivity index (χ1) is 18.4. The number of fused-ring (bicyclic) bond motifs is 3. The van der Waals surface area contributed by atoms with Crippen LogP contribution >= 0.6 is 11.6 Å². The first-order valence-electron chi connectivity index (χ1n) is 12.4. The number of urea groups is 1. The molecule has 38 heavy (non-hydrogen) atoms. The van der Waals surface area contributed by atoms with Crippen molar-refractivity contribution in [2.24, 2.45) is 0 Å². The van der Waals surface area contributed by atoms with Crippen molar-refractivity contribution in [3.05, 3.63) is 107 Å². The van der Waals surface area contributed by atoms with Gasteiger partial charge in [-0.2, -0.15) is 0 Å². The van der Waals surface area contributed by atoms with Gasteiger partial charge in [0.25, 0.3) is 0 Å². The number of ether oxygens (including phenoxy) is 1. The molecule has 5 rings (SSSR count). The van der Waals surface area contributed by atoms with Gasteiger partial charge in [0.05, 0.1) is 29.9 Å². The molecule has 3 aromatic carbocycles. The van der Waals surface area contributed by atoms with E-state index in [0.717, 1.165) is 22.6 Å². The fourth-order valence-electron chi connectivity index (χ4n) is 4.90. The molecule has 0 spiro atoms. The summed E-state index contributed by atoms with van der Waals surface area (Å²) >= 11 is 6.38. The highest BCUT2D eigenvalue weighted by Crippen LogP contribution is 2.42. The van der Waals surface area contributed by atoms with Gasteiger partial charge in [0.2, 0.25) is 5.91 Å². The minimum Gasteiger partial charge on any atom is -0.495 e. The third kappa shape index (κ3) is 4.73. The van der Waals surface area contributed by atoms with Gasteiger partial charge < -0.3 is 19.5 Å². The molecule has 1 N–H and O–H groups in total. The number of anilines is 2. The Balaban J connectivity index is 1.52. The minimum absolute atomic E-state index is 0.120. The van der Waals surface area contributed by atoms with Crippen LogP contribution < -0.4 is 15.0 Å². The molecule has 1 aliphatic rings. The van der Waals surface area contributed by atoms with Crippen molar-refractivity contribution in [3.63, 3.8) is 0 Å². The molecule has 0 saturated carbocycles. The van der Waals surface area contributed by atoms with Crippen LogP contribution in [0.5, 0.6) is 5.75 Å². The molecular formula is C30H29ClN4O3. The number of rotatable bonds is 6. The van der Waals surface area contributed by atoms with E-state index in [2.05, 4.69) is 9.88 Å². The Morgan fingerprint density at radius 1 is 0.974 bits per heavy atom. The number of hydrogen-bond donors (Lipinski definition) is 1. The van der Waals surface area contributed by atoms with Crippen LogP contribution in [0.2, 0.25) is 5.02 Å². The summed E-state index contributed by atoms with van der Waals surface area (Å²) in [5, 5.41) is 3.49. The lowest BCUT2D eigenvalue weighted by molar-refractivity contribution is -0.119. The molecule has 0 saturated heterocycles. The van der Waals surface area contributed by atoms with Crippen molar-refractivity contribution in [2.45, 2.75) is 25.9 Å². The summed E-state index contributed by atoms with van der Waals surface area (Å²) in [4.78, 5) is 30.9. The summed E-state index contributed by atoms with van der Waals surface area (Å²) in [6.45, 7) is 3.66. The zero-order valence-corrected chi connectivity index (χ0v) is 22.2. The highest BCUT2D eigenvalue weighted by atomic mass is 35.5. The molecular weight excluding hydrogens is 500 g/mol. The second-order valence-corrected chi connectivity index (χ2v) is 9.80. The maximum Gasteiger partial charge on any atom is 0.322 e. The topological polar surface area (TPSA) is 66.8 Å². The first-order valence-corrected chi connectivity index (χ1v) is 12.8. The molecule has 7 nitrogen and oxygen atoms in total. The number of carbonyl (C=O) groups is 2. The summed E-state index contributed by atoms with van der Waals surface area (Å²) in [6, 6.07) is 25.5. The van der Waals surface area contributed by atoms with Gasteiger partial charge in [0.15, 0.2) is 0 Å². The van der Waals surface area contributed by atoms with E-state index in [1.54, 1.807) is 24.1 Å². The molecule has 1 unspecified atom stereocenters. The zero-order valence-electron chi connectivity index (χ0n) is 21.5. The van der Waals surface area contributed by atoms with Gasteiger partial charge in [-0.3, -0.25) is 9.69 Å². The second kappa shape index (κ2) is 10.6. The third-order valence-electron chi connectivity index (χ3n) is 6.69. The van der Waals surface area contributed by atoms with Crippen LogP contribution in [-0.4, -0.2) is 41.1 Å². The largest absolute Gasteiger partial charge is 0.495 e. The molecule has 3 amide bonds. The fraction of sp³-hybridized carbons (Fsp3) is 0.200. The summed E-state index contributed by atoms with van der Waals surface area (Å²) in [5.41, 5.74) is 4.02. The lowest BCUT2D eigenvalue weighted by Gasteiger charge is -2.40. The number of nitrogens with one attached hydrogen (secondary N) is 1. The Hall–Kier alpha value is -4.23. The maximum absolute atomic E-state index is 14.2. The van der Waals surface area contributed by atoms with Gasteiger partial charge in [0, 0.05) is 17.3 Å². The molecule has 194 valence electrons. The van der Waals surface area contributed by atoms with E-state index in [1.807, 2.05) is 92.8 Å². The Kier molecular flexibility index (Phi) is 7.11. The van der Waals surface area contributed by atoms with Crippen molar-refractivity contribution in [3.8, 4) is 11.4 Å². The predicted octanol–water partition coefficient (Wildman–Crippen LogP) is 6.52. The SMILES string of the molecule is COc1ccccc1NC(=O)N(CC(=O)N1c2ccccc2-n2cccc2C1c1cccc(Cl)c1)C(C)C. The number of para-hydroxylation sites is 4. The molecule has 4 aromatic rings. The molecule has 8 heteroatoms. The Morgan fingerprint density at radius 2 is 1.71 bits per heavy atom. The average molecular weight is 529 g/mol. The van der Waals surface area contributed by atoms with E-state index < -0.39 is 6.04 Å². The minimum atomic E-state index is -0.419. The smallest absolute Gasteiger partial charge is 0.322 e. The number of hydrogen-bond acceptors (Lipinski definition) is 3. The number of aromatic nitrogens is 1. The Morgan fingerprint density at radius 3 is 2.45 bits per heavy atom. The van der Waals surface area contributed by atoms with Gasteiger partial charge in [-0.1, -0.05) is 48.0 Å². The zero-order chi connectivity index (χ0) is 26.8. The number of carbonyl (C=O) groups excluding carboxylic acids is 2. The van der Waals surface area contributed by atoms with Crippen molar-refractivity contribution >= 4 is 34.9 Å². The van der Waals surface area contributed by atoms with E-state index in [-0.39, 0.29) is 24.5 Å². The highest BCUT2D eigenvalue weighted by Gasteiger charge is 2.37. The average Bonchev–Trinajstić information content (AvgIpc) is 3.41. The number of nitrogens with zero attached hydrogens (tertiary/aromatic N) is 3. The van der Waals surface area contributed by atoms with Gasteiger partial charge in [-0.15, -0.1) is 0 Å². The molecule has 1 atom stereocenters. The van der Waals surface area contributed by atoms with Crippen LogP contribution in [0.4, 0.5) is 16.2 Å². The Labute approximate surface area is 227 Å².